The van der Waals surface area contributed by atoms with E-state index < -0.39 is 0 Å². The standard InChI is InChI=1S/C18H23N3O3/c1-3-14-7-4-5-8-15(14)21-18(23)12-20-17(22)11-19-13(2)16-9-6-10-24-16/h4-10,13,19H,3,11-12H2,1-2H3,(H,20,22)(H,21,23)/t13-/m1/s1. The maximum absolute atomic E-state index is 11.9. The van der Waals surface area contributed by atoms with Crippen molar-refractivity contribution in [3.8, 4) is 0 Å². The third-order valence-corrected chi connectivity index (χ3v) is 3.66. The van der Waals surface area contributed by atoms with Crippen molar-refractivity contribution >= 4 is 17.5 Å². The number of furan rings is 1. The van der Waals surface area contributed by atoms with Crippen LogP contribution in [0.3, 0.4) is 0 Å². The highest BCUT2D eigenvalue weighted by molar-refractivity contribution is 5.95. The summed E-state index contributed by atoms with van der Waals surface area (Å²) in [5, 5.41) is 8.45. The van der Waals surface area contributed by atoms with Crippen molar-refractivity contribution in [1.29, 1.82) is 0 Å². The molecule has 0 aliphatic rings. The van der Waals surface area contributed by atoms with Gasteiger partial charge in [0.25, 0.3) is 0 Å². The third kappa shape index (κ3) is 5.24. The molecule has 1 heterocycles. The Kier molecular flexibility index (Phi) is 6.57. The largest absolute Gasteiger partial charge is 0.468 e. The SMILES string of the molecule is CCc1ccccc1NC(=O)CNC(=O)CN[C@H](C)c1ccco1. The zero-order chi connectivity index (χ0) is 17.4. The van der Waals surface area contributed by atoms with E-state index in [9.17, 15) is 9.59 Å². The van der Waals surface area contributed by atoms with Gasteiger partial charge in [-0.25, -0.2) is 0 Å². The van der Waals surface area contributed by atoms with E-state index in [2.05, 4.69) is 16.0 Å². The Bertz CT molecular complexity index is 668. The Morgan fingerprint density at radius 3 is 2.58 bits per heavy atom. The number of benzene rings is 1. The van der Waals surface area contributed by atoms with Crippen LogP contribution in [0.1, 0.15) is 31.2 Å². The number of carbonyl (C=O) groups is 2. The van der Waals surface area contributed by atoms with Gasteiger partial charge in [-0.3, -0.25) is 14.9 Å². The van der Waals surface area contributed by atoms with Crippen LogP contribution in [0.25, 0.3) is 0 Å². The molecule has 0 spiro atoms. The van der Waals surface area contributed by atoms with Crippen molar-refractivity contribution in [2.75, 3.05) is 18.4 Å². The van der Waals surface area contributed by atoms with Crippen LogP contribution in [0.4, 0.5) is 5.69 Å². The number of anilines is 1. The second-order valence-corrected chi connectivity index (χ2v) is 5.45. The van der Waals surface area contributed by atoms with Gasteiger partial charge in [0, 0.05) is 5.69 Å². The zero-order valence-corrected chi connectivity index (χ0v) is 14.0. The van der Waals surface area contributed by atoms with Gasteiger partial charge >= 0.3 is 0 Å². The highest BCUT2D eigenvalue weighted by atomic mass is 16.3. The average molecular weight is 329 g/mol. The molecule has 2 amide bonds. The molecule has 6 nitrogen and oxygen atoms in total. The van der Waals surface area contributed by atoms with Gasteiger partial charge in [-0.05, 0) is 37.1 Å². The number of amides is 2. The minimum Gasteiger partial charge on any atom is -0.468 e. The summed E-state index contributed by atoms with van der Waals surface area (Å²) >= 11 is 0. The maximum atomic E-state index is 11.9. The van der Waals surface area contributed by atoms with Gasteiger partial charge in [0.1, 0.15) is 5.76 Å². The molecule has 0 aliphatic carbocycles. The van der Waals surface area contributed by atoms with Crippen molar-refractivity contribution in [2.24, 2.45) is 0 Å². The Morgan fingerprint density at radius 1 is 1.08 bits per heavy atom. The number of hydrogen-bond acceptors (Lipinski definition) is 4. The fourth-order valence-electron chi connectivity index (χ4n) is 2.27. The monoisotopic (exact) mass is 329 g/mol. The van der Waals surface area contributed by atoms with E-state index in [1.165, 1.54) is 0 Å². The predicted molar refractivity (Wildman–Crippen MR) is 92.6 cm³/mol. The molecule has 0 bridgehead atoms. The zero-order valence-electron chi connectivity index (χ0n) is 14.0. The van der Waals surface area contributed by atoms with Crippen LogP contribution in [0.15, 0.2) is 47.1 Å². The van der Waals surface area contributed by atoms with E-state index in [-0.39, 0.29) is 30.9 Å². The van der Waals surface area contributed by atoms with Gasteiger partial charge in [-0.2, -0.15) is 0 Å². The molecule has 0 fully saturated rings. The van der Waals surface area contributed by atoms with Crippen LogP contribution in [0.2, 0.25) is 0 Å². The van der Waals surface area contributed by atoms with Crippen LogP contribution in [0.5, 0.6) is 0 Å². The number of carbonyl (C=O) groups excluding carboxylic acids is 2. The molecule has 2 rings (SSSR count). The summed E-state index contributed by atoms with van der Waals surface area (Å²) in [6.45, 7) is 3.98. The summed E-state index contributed by atoms with van der Waals surface area (Å²) in [4.78, 5) is 23.8. The Labute approximate surface area is 141 Å². The predicted octanol–water partition coefficient (Wildman–Crippen LogP) is 2.25. The summed E-state index contributed by atoms with van der Waals surface area (Å²) in [5.41, 5.74) is 1.84. The fourth-order valence-corrected chi connectivity index (χ4v) is 2.27. The lowest BCUT2D eigenvalue weighted by molar-refractivity contribution is -0.123. The highest BCUT2D eigenvalue weighted by Crippen LogP contribution is 2.15. The van der Waals surface area contributed by atoms with Crippen LogP contribution in [-0.2, 0) is 16.0 Å². The molecule has 0 saturated carbocycles. The quantitative estimate of drug-likeness (QED) is 0.693. The number of aryl methyl sites for hydroxylation is 1. The van der Waals surface area contributed by atoms with Crippen LogP contribution in [0, 0.1) is 0 Å². The van der Waals surface area contributed by atoms with E-state index in [1.54, 1.807) is 12.3 Å². The summed E-state index contributed by atoms with van der Waals surface area (Å²) in [7, 11) is 0. The first-order chi connectivity index (χ1) is 11.6. The Morgan fingerprint density at radius 2 is 1.88 bits per heavy atom. The van der Waals surface area contributed by atoms with Crippen molar-refractivity contribution in [1.82, 2.24) is 10.6 Å². The Hall–Kier alpha value is -2.60. The van der Waals surface area contributed by atoms with Crippen molar-refractivity contribution in [3.63, 3.8) is 0 Å². The molecule has 1 aromatic carbocycles. The van der Waals surface area contributed by atoms with Gasteiger partial charge in [0.2, 0.25) is 11.8 Å². The number of hydrogen-bond donors (Lipinski definition) is 3. The number of nitrogens with one attached hydrogen (secondary N) is 3. The molecule has 128 valence electrons. The molecular weight excluding hydrogens is 306 g/mol. The average Bonchev–Trinajstić information content (AvgIpc) is 3.13. The van der Waals surface area contributed by atoms with Crippen LogP contribution < -0.4 is 16.0 Å². The number of para-hydroxylation sites is 1. The number of rotatable bonds is 8. The molecule has 0 aliphatic heterocycles. The van der Waals surface area contributed by atoms with Gasteiger partial charge < -0.3 is 15.1 Å². The molecule has 6 heteroatoms. The summed E-state index contributed by atoms with van der Waals surface area (Å²) < 4.78 is 5.26. The molecule has 24 heavy (non-hydrogen) atoms. The van der Waals surface area contributed by atoms with Crippen molar-refractivity contribution < 1.29 is 14.0 Å². The summed E-state index contributed by atoms with van der Waals surface area (Å²) in [5.74, 6) is 0.271. The summed E-state index contributed by atoms with van der Waals surface area (Å²) in [6, 6.07) is 11.2. The van der Waals surface area contributed by atoms with Gasteiger partial charge in [0.15, 0.2) is 0 Å². The van der Waals surface area contributed by atoms with Crippen molar-refractivity contribution in [2.45, 2.75) is 26.3 Å². The van der Waals surface area contributed by atoms with E-state index in [4.69, 9.17) is 4.42 Å². The topological polar surface area (TPSA) is 83.4 Å². The second-order valence-electron chi connectivity index (χ2n) is 5.45. The molecule has 2 aromatic rings. The van der Waals surface area contributed by atoms with E-state index >= 15 is 0 Å². The van der Waals surface area contributed by atoms with Gasteiger partial charge in [-0.15, -0.1) is 0 Å². The smallest absolute Gasteiger partial charge is 0.243 e. The molecule has 0 saturated heterocycles. The Balaban J connectivity index is 1.72. The second kappa shape index (κ2) is 8.88. The minimum absolute atomic E-state index is 0.0618. The van der Waals surface area contributed by atoms with E-state index in [1.807, 2.05) is 44.2 Å². The van der Waals surface area contributed by atoms with Crippen LogP contribution in [-0.4, -0.2) is 24.9 Å². The first-order valence-electron chi connectivity index (χ1n) is 8.01. The van der Waals surface area contributed by atoms with Crippen LogP contribution >= 0.6 is 0 Å². The molecular formula is C18H23N3O3. The molecule has 1 aromatic heterocycles. The first-order valence-corrected chi connectivity index (χ1v) is 8.01. The lowest BCUT2D eigenvalue weighted by Crippen LogP contribution is -2.39. The highest BCUT2D eigenvalue weighted by Gasteiger charge is 2.11. The maximum Gasteiger partial charge on any atom is 0.243 e. The molecule has 1 atom stereocenters. The van der Waals surface area contributed by atoms with E-state index in [0.29, 0.717) is 0 Å². The third-order valence-electron chi connectivity index (χ3n) is 3.66. The summed E-state index contributed by atoms with van der Waals surface area (Å²) in [6.07, 6.45) is 2.42. The normalized spacial score (nSPS) is 11.8. The molecule has 0 radical (unpaired) electrons. The lowest BCUT2D eigenvalue weighted by Gasteiger charge is -2.12. The fraction of sp³-hybridized carbons (Fsp3) is 0.333. The first kappa shape index (κ1) is 17.7. The van der Waals surface area contributed by atoms with Gasteiger partial charge in [-0.1, -0.05) is 25.1 Å². The van der Waals surface area contributed by atoms with Gasteiger partial charge in [0.05, 0.1) is 25.4 Å². The molecule has 0 unspecified atom stereocenters. The van der Waals surface area contributed by atoms with Crippen molar-refractivity contribution in [3.05, 3.63) is 54.0 Å². The van der Waals surface area contributed by atoms with E-state index in [0.717, 1.165) is 23.4 Å². The lowest BCUT2D eigenvalue weighted by atomic mass is 10.1. The minimum atomic E-state index is -0.247. The molecule has 3 N–H and O–H groups in total.